The summed E-state index contributed by atoms with van der Waals surface area (Å²) in [6.45, 7) is -0.188. The Bertz CT molecular complexity index is 1100. The summed E-state index contributed by atoms with van der Waals surface area (Å²) in [4.78, 5) is 25.1. The van der Waals surface area contributed by atoms with Crippen LogP contribution in [0.3, 0.4) is 0 Å². The van der Waals surface area contributed by atoms with Crippen molar-refractivity contribution < 1.29 is 13.9 Å². The number of hydrogen-bond acceptors (Lipinski definition) is 6. The second kappa shape index (κ2) is 7.43. The number of thiophene rings is 1. The van der Waals surface area contributed by atoms with E-state index in [4.69, 9.17) is 9.15 Å². The molecule has 0 saturated carbocycles. The Morgan fingerprint density at radius 3 is 2.44 bits per heavy atom. The summed E-state index contributed by atoms with van der Waals surface area (Å²) in [6.07, 6.45) is 0. The van der Waals surface area contributed by atoms with Crippen molar-refractivity contribution in [3.05, 3.63) is 88.2 Å². The fourth-order valence-corrected chi connectivity index (χ4v) is 3.11. The van der Waals surface area contributed by atoms with Gasteiger partial charge in [0.25, 0.3) is 5.89 Å². The Labute approximate surface area is 158 Å². The van der Waals surface area contributed by atoms with E-state index in [1.165, 1.54) is 11.3 Å². The molecule has 134 valence electrons. The fraction of sp³-hybridized carbons (Fsp3) is 0.0500. The molecule has 27 heavy (non-hydrogen) atoms. The summed E-state index contributed by atoms with van der Waals surface area (Å²) in [7, 11) is 0. The maximum atomic E-state index is 12.5. The van der Waals surface area contributed by atoms with Crippen LogP contribution in [0, 0.1) is 0 Å². The Morgan fingerprint density at radius 2 is 1.74 bits per heavy atom. The molecule has 2 aromatic heterocycles. The van der Waals surface area contributed by atoms with Gasteiger partial charge in [0, 0.05) is 5.56 Å². The van der Waals surface area contributed by atoms with Crippen LogP contribution in [-0.2, 0) is 6.54 Å². The summed E-state index contributed by atoms with van der Waals surface area (Å²) >= 11 is 1.41. The Kier molecular flexibility index (Phi) is 4.67. The van der Waals surface area contributed by atoms with E-state index < -0.39 is 5.76 Å². The number of carbonyl (C=O) groups excluding carboxylic acids is 1. The zero-order valence-electron chi connectivity index (χ0n) is 14.1. The third kappa shape index (κ3) is 3.88. The second-order valence-corrected chi connectivity index (χ2v) is 6.62. The van der Waals surface area contributed by atoms with E-state index in [1.807, 2.05) is 41.8 Å². The molecule has 0 spiro atoms. The van der Waals surface area contributed by atoms with Gasteiger partial charge in [-0.25, -0.2) is 4.79 Å². The number of Topliss-reactive ketones (excluding diaryl/α,β-unsaturated/α-hetero) is 1. The third-order valence-corrected chi connectivity index (χ3v) is 4.64. The van der Waals surface area contributed by atoms with E-state index in [0.717, 1.165) is 9.56 Å². The number of hydrogen-bond donors (Lipinski definition) is 0. The first-order valence-corrected chi connectivity index (χ1v) is 9.05. The van der Waals surface area contributed by atoms with Crippen LogP contribution >= 0.6 is 11.3 Å². The molecule has 0 amide bonds. The highest BCUT2D eigenvalue weighted by Gasteiger charge is 2.15. The van der Waals surface area contributed by atoms with Crippen LogP contribution in [0.5, 0.6) is 11.5 Å². The highest BCUT2D eigenvalue weighted by molar-refractivity contribution is 7.13. The number of rotatable bonds is 6. The van der Waals surface area contributed by atoms with Crippen LogP contribution in [0.1, 0.15) is 10.4 Å². The Hall–Kier alpha value is -3.45. The maximum Gasteiger partial charge on any atom is 0.437 e. The molecule has 0 saturated heterocycles. The zero-order chi connectivity index (χ0) is 18.6. The van der Waals surface area contributed by atoms with E-state index in [2.05, 4.69) is 5.10 Å². The normalized spacial score (nSPS) is 10.7. The van der Waals surface area contributed by atoms with Gasteiger partial charge in [-0.3, -0.25) is 4.79 Å². The largest absolute Gasteiger partial charge is 0.457 e. The number of ether oxygens (including phenoxy) is 1. The third-order valence-electron chi connectivity index (χ3n) is 3.79. The molecule has 4 rings (SSSR count). The number of ketones is 1. The summed E-state index contributed by atoms with van der Waals surface area (Å²) in [5.74, 6) is 0.655. The van der Waals surface area contributed by atoms with Gasteiger partial charge in [-0.15, -0.1) is 16.4 Å². The predicted molar refractivity (Wildman–Crippen MR) is 101 cm³/mol. The first kappa shape index (κ1) is 17.0. The molecule has 0 radical (unpaired) electrons. The lowest BCUT2D eigenvalue weighted by atomic mass is 10.1. The predicted octanol–water partition coefficient (Wildman–Crippen LogP) is 4.24. The van der Waals surface area contributed by atoms with Crippen molar-refractivity contribution >= 4 is 17.1 Å². The molecule has 7 heteroatoms. The molecule has 0 aliphatic heterocycles. The van der Waals surface area contributed by atoms with Gasteiger partial charge in [-0.1, -0.05) is 24.3 Å². The molecule has 0 aliphatic rings. The lowest BCUT2D eigenvalue weighted by Gasteiger charge is -2.06. The Morgan fingerprint density at radius 1 is 1.00 bits per heavy atom. The van der Waals surface area contributed by atoms with Gasteiger partial charge in [0.2, 0.25) is 0 Å². The first-order valence-electron chi connectivity index (χ1n) is 8.17. The van der Waals surface area contributed by atoms with Crippen molar-refractivity contribution in [2.75, 3.05) is 0 Å². The molecule has 6 nitrogen and oxygen atoms in total. The molecule has 2 heterocycles. The van der Waals surface area contributed by atoms with Crippen molar-refractivity contribution in [1.82, 2.24) is 9.78 Å². The van der Waals surface area contributed by atoms with E-state index >= 15 is 0 Å². The van der Waals surface area contributed by atoms with Crippen LogP contribution in [0.15, 0.2) is 81.3 Å². The van der Waals surface area contributed by atoms with Crippen LogP contribution < -0.4 is 10.5 Å². The topological polar surface area (TPSA) is 74.3 Å². The number of benzene rings is 2. The molecule has 0 aliphatic carbocycles. The van der Waals surface area contributed by atoms with Crippen molar-refractivity contribution in [1.29, 1.82) is 0 Å². The van der Waals surface area contributed by atoms with Crippen molar-refractivity contribution in [2.45, 2.75) is 6.54 Å². The molecule has 0 unspecified atom stereocenters. The van der Waals surface area contributed by atoms with Gasteiger partial charge in [0.15, 0.2) is 5.78 Å². The van der Waals surface area contributed by atoms with Crippen molar-refractivity contribution in [2.24, 2.45) is 0 Å². The Balaban J connectivity index is 1.46. The summed E-state index contributed by atoms with van der Waals surface area (Å²) in [6, 6.07) is 19.7. The highest BCUT2D eigenvalue weighted by Crippen LogP contribution is 2.22. The van der Waals surface area contributed by atoms with Gasteiger partial charge >= 0.3 is 5.76 Å². The van der Waals surface area contributed by atoms with Crippen LogP contribution in [0.4, 0.5) is 0 Å². The average Bonchev–Trinajstić information content (AvgIpc) is 3.34. The quantitative estimate of drug-likeness (QED) is 0.469. The van der Waals surface area contributed by atoms with Crippen LogP contribution in [0.2, 0.25) is 0 Å². The van der Waals surface area contributed by atoms with Crippen molar-refractivity contribution in [3.63, 3.8) is 0 Å². The van der Waals surface area contributed by atoms with Gasteiger partial charge in [0.05, 0.1) is 4.88 Å². The zero-order valence-corrected chi connectivity index (χ0v) is 14.9. The van der Waals surface area contributed by atoms with E-state index in [9.17, 15) is 9.59 Å². The summed E-state index contributed by atoms with van der Waals surface area (Å²) in [5.41, 5.74) is 0.461. The number of para-hydroxylation sites is 1. The smallest absolute Gasteiger partial charge is 0.437 e. The monoisotopic (exact) mass is 378 g/mol. The van der Waals surface area contributed by atoms with Gasteiger partial charge in [-0.05, 0) is 47.8 Å². The number of nitrogens with zero attached hydrogens (tertiary/aromatic N) is 2. The molecular formula is C20H14N2O4S. The standard InChI is InChI=1S/C20H14N2O4S/c23-17(13-22-20(24)26-19(21-22)18-7-4-12-27-18)14-8-10-16(11-9-14)25-15-5-2-1-3-6-15/h1-12H,13H2. The lowest BCUT2D eigenvalue weighted by molar-refractivity contribution is 0.0965. The van der Waals surface area contributed by atoms with Crippen LogP contribution in [0.25, 0.3) is 10.8 Å². The number of carbonyl (C=O) groups is 1. The second-order valence-electron chi connectivity index (χ2n) is 5.67. The molecule has 0 N–H and O–H groups in total. The van der Waals surface area contributed by atoms with Gasteiger partial charge < -0.3 is 9.15 Å². The van der Waals surface area contributed by atoms with Crippen LogP contribution in [-0.4, -0.2) is 15.6 Å². The molecule has 2 aromatic carbocycles. The summed E-state index contributed by atoms with van der Waals surface area (Å²) < 4.78 is 11.9. The lowest BCUT2D eigenvalue weighted by Crippen LogP contribution is -2.21. The average molecular weight is 378 g/mol. The molecular weight excluding hydrogens is 364 g/mol. The summed E-state index contributed by atoms with van der Waals surface area (Å²) in [5, 5.41) is 5.95. The van der Waals surface area contributed by atoms with E-state index in [0.29, 0.717) is 17.1 Å². The molecule has 0 atom stereocenters. The van der Waals surface area contributed by atoms with E-state index in [1.54, 1.807) is 30.3 Å². The minimum Gasteiger partial charge on any atom is -0.457 e. The molecule has 4 aromatic rings. The highest BCUT2D eigenvalue weighted by atomic mass is 32.1. The minimum atomic E-state index is -0.657. The fourth-order valence-electron chi connectivity index (χ4n) is 2.47. The number of aromatic nitrogens is 2. The molecule has 0 bridgehead atoms. The minimum absolute atomic E-state index is 0.188. The van der Waals surface area contributed by atoms with Gasteiger partial charge in [0.1, 0.15) is 18.0 Å². The maximum absolute atomic E-state index is 12.5. The van der Waals surface area contributed by atoms with Crippen molar-refractivity contribution in [3.8, 4) is 22.3 Å². The molecule has 0 fully saturated rings. The van der Waals surface area contributed by atoms with E-state index in [-0.39, 0.29) is 18.2 Å². The SMILES string of the molecule is O=C(Cn1nc(-c2cccs2)oc1=O)c1ccc(Oc2ccccc2)cc1. The van der Waals surface area contributed by atoms with Gasteiger partial charge in [-0.2, -0.15) is 4.68 Å². The first-order chi connectivity index (χ1) is 13.2.